The monoisotopic (exact) mass is 258 g/mol. The number of hydrogen-bond acceptors (Lipinski definition) is 4. The van der Waals surface area contributed by atoms with E-state index in [-0.39, 0.29) is 11.6 Å². The standard InChI is InChI=1S/C13H10N2O4/c16-11-5-1-4-9-12(13(17)18)14-10(15(9)11)7-8-3-2-6-19-8/h1-6,16H,7H2,(H,17,18). The van der Waals surface area contributed by atoms with Crippen molar-refractivity contribution >= 4 is 11.5 Å². The van der Waals surface area contributed by atoms with Gasteiger partial charge in [-0.15, -0.1) is 0 Å². The second kappa shape index (κ2) is 4.16. The van der Waals surface area contributed by atoms with Crippen LogP contribution in [0.25, 0.3) is 5.52 Å². The molecule has 0 aliphatic heterocycles. The average Bonchev–Trinajstić information content (AvgIpc) is 2.98. The summed E-state index contributed by atoms with van der Waals surface area (Å²) in [7, 11) is 0. The number of rotatable bonds is 3. The molecule has 2 N–H and O–H groups in total. The lowest BCUT2D eigenvalue weighted by Crippen LogP contribution is -1.97. The first-order valence-electron chi connectivity index (χ1n) is 5.62. The molecule has 0 aliphatic rings. The van der Waals surface area contributed by atoms with Crippen LogP contribution in [0, 0.1) is 0 Å². The van der Waals surface area contributed by atoms with E-state index in [2.05, 4.69) is 4.98 Å². The lowest BCUT2D eigenvalue weighted by Gasteiger charge is -2.01. The third-order valence-electron chi connectivity index (χ3n) is 2.83. The van der Waals surface area contributed by atoms with Gasteiger partial charge in [-0.3, -0.25) is 4.40 Å². The van der Waals surface area contributed by atoms with E-state index in [0.29, 0.717) is 23.5 Å². The van der Waals surface area contributed by atoms with Crippen molar-refractivity contribution in [1.29, 1.82) is 0 Å². The van der Waals surface area contributed by atoms with Crippen molar-refractivity contribution < 1.29 is 19.4 Å². The van der Waals surface area contributed by atoms with Crippen molar-refractivity contribution in [3.63, 3.8) is 0 Å². The molecule has 3 aromatic heterocycles. The van der Waals surface area contributed by atoms with Crippen molar-refractivity contribution in [2.24, 2.45) is 0 Å². The second-order valence-corrected chi connectivity index (χ2v) is 4.04. The molecule has 0 saturated carbocycles. The fraction of sp³-hybridized carbons (Fsp3) is 0.0769. The molecule has 0 radical (unpaired) electrons. The SMILES string of the molecule is O=C(O)c1nc(Cc2ccco2)n2c(O)cccc12. The molecule has 0 unspecified atom stereocenters. The van der Waals surface area contributed by atoms with E-state index < -0.39 is 5.97 Å². The zero-order valence-corrected chi connectivity index (χ0v) is 9.78. The maximum atomic E-state index is 11.2. The minimum atomic E-state index is -1.13. The second-order valence-electron chi connectivity index (χ2n) is 4.04. The van der Waals surface area contributed by atoms with E-state index in [4.69, 9.17) is 9.52 Å². The van der Waals surface area contributed by atoms with Crippen molar-refractivity contribution in [3.05, 3.63) is 53.9 Å². The molecular formula is C13H10N2O4. The Labute approximate surface area is 107 Å². The highest BCUT2D eigenvalue weighted by Crippen LogP contribution is 2.22. The minimum absolute atomic E-state index is 0.0564. The summed E-state index contributed by atoms with van der Waals surface area (Å²) in [4.78, 5) is 15.2. The Bertz CT molecular complexity index is 743. The largest absolute Gasteiger partial charge is 0.494 e. The quantitative estimate of drug-likeness (QED) is 0.749. The number of carbonyl (C=O) groups is 1. The van der Waals surface area contributed by atoms with E-state index >= 15 is 0 Å². The van der Waals surface area contributed by atoms with Gasteiger partial charge in [-0.05, 0) is 24.3 Å². The maximum Gasteiger partial charge on any atom is 0.356 e. The summed E-state index contributed by atoms with van der Waals surface area (Å²) in [5.74, 6) is -0.125. The van der Waals surface area contributed by atoms with Crippen molar-refractivity contribution in [1.82, 2.24) is 9.38 Å². The molecule has 0 fully saturated rings. The van der Waals surface area contributed by atoms with Gasteiger partial charge in [-0.1, -0.05) is 6.07 Å². The first-order chi connectivity index (χ1) is 9.16. The first kappa shape index (κ1) is 11.3. The highest BCUT2D eigenvalue weighted by Gasteiger charge is 2.19. The van der Waals surface area contributed by atoms with Gasteiger partial charge in [0.15, 0.2) is 11.6 Å². The number of furan rings is 1. The molecule has 0 atom stereocenters. The van der Waals surface area contributed by atoms with Gasteiger partial charge in [-0.2, -0.15) is 0 Å². The highest BCUT2D eigenvalue weighted by molar-refractivity contribution is 5.93. The molecule has 0 aliphatic carbocycles. The van der Waals surface area contributed by atoms with Crippen LogP contribution in [0.1, 0.15) is 22.1 Å². The number of nitrogens with zero attached hydrogens (tertiary/aromatic N) is 2. The van der Waals surface area contributed by atoms with Gasteiger partial charge < -0.3 is 14.6 Å². The number of imidazole rings is 1. The first-order valence-corrected chi connectivity index (χ1v) is 5.62. The zero-order valence-electron chi connectivity index (χ0n) is 9.78. The predicted molar refractivity (Wildman–Crippen MR) is 65.3 cm³/mol. The molecule has 3 aromatic rings. The van der Waals surface area contributed by atoms with Crippen molar-refractivity contribution in [2.45, 2.75) is 6.42 Å². The maximum absolute atomic E-state index is 11.2. The Morgan fingerprint density at radius 3 is 2.84 bits per heavy atom. The average molecular weight is 258 g/mol. The van der Waals surface area contributed by atoms with E-state index in [1.165, 1.54) is 16.7 Å². The Morgan fingerprint density at radius 2 is 2.16 bits per heavy atom. The van der Waals surface area contributed by atoms with E-state index in [1.807, 2.05) is 0 Å². The summed E-state index contributed by atoms with van der Waals surface area (Å²) in [6.45, 7) is 0. The van der Waals surface area contributed by atoms with E-state index in [0.717, 1.165) is 0 Å². The topological polar surface area (TPSA) is 88.0 Å². The van der Waals surface area contributed by atoms with Crippen LogP contribution in [0.15, 0.2) is 41.0 Å². The molecule has 0 aromatic carbocycles. The summed E-state index contributed by atoms with van der Waals surface area (Å²) >= 11 is 0. The highest BCUT2D eigenvalue weighted by atomic mass is 16.4. The van der Waals surface area contributed by atoms with Crippen LogP contribution in [0.4, 0.5) is 0 Å². The fourth-order valence-electron chi connectivity index (χ4n) is 2.04. The molecule has 0 saturated heterocycles. The van der Waals surface area contributed by atoms with Crippen LogP contribution in [-0.4, -0.2) is 25.6 Å². The molecule has 6 nitrogen and oxygen atoms in total. The number of fused-ring (bicyclic) bond motifs is 1. The molecule has 19 heavy (non-hydrogen) atoms. The van der Waals surface area contributed by atoms with Gasteiger partial charge in [-0.25, -0.2) is 9.78 Å². The van der Waals surface area contributed by atoms with Gasteiger partial charge in [0.1, 0.15) is 11.6 Å². The molecule has 0 amide bonds. The molecule has 3 heterocycles. The summed E-state index contributed by atoms with van der Waals surface area (Å²) in [6, 6.07) is 8.16. The lowest BCUT2D eigenvalue weighted by molar-refractivity contribution is 0.0693. The summed E-state index contributed by atoms with van der Waals surface area (Å²) in [5.41, 5.74) is 0.270. The third-order valence-corrected chi connectivity index (χ3v) is 2.83. The van der Waals surface area contributed by atoms with Crippen LogP contribution in [-0.2, 0) is 6.42 Å². The number of carboxylic acid groups (broad SMARTS) is 1. The third kappa shape index (κ3) is 1.83. The molecular weight excluding hydrogens is 248 g/mol. The van der Waals surface area contributed by atoms with Crippen molar-refractivity contribution in [2.75, 3.05) is 0 Å². The number of aromatic nitrogens is 2. The fourth-order valence-corrected chi connectivity index (χ4v) is 2.04. The Morgan fingerprint density at radius 1 is 1.32 bits per heavy atom. The van der Waals surface area contributed by atoms with Gasteiger partial charge in [0.05, 0.1) is 18.2 Å². The van der Waals surface area contributed by atoms with Crippen LogP contribution in [0.2, 0.25) is 0 Å². The minimum Gasteiger partial charge on any atom is -0.494 e. The van der Waals surface area contributed by atoms with Gasteiger partial charge in [0, 0.05) is 0 Å². The lowest BCUT2D eigenvalue weighted by atomic mass is 10.3. The van der Waals surface area contributed by atoms with Crippen LogP contribution in [0.5, 0.6) is 5.88 Å². The summed E-state index contributed by atoms with van der Waals surface area (Å²) in [6.07, 6.45) is 1.84. The molecule has 96 valence electrons. The number of aromatic carboxylic acids is 1. The number of aromatic hydroxyl groups is 1. The van der Waals surface area contributed by atoms with Crippen LogP contribution >= 0.6 is 0 Å². The number of carboxylic acids is 1. The van der Waals surface area contributed by atoms with Crippen LogP contribution < -0.4 is 0 Å². The number of pyridine rings is 1. The molecule has 3 rings (SSSR count). The normalized spacial score (nSPS) is 10.9. The van der Waals surface area contributed by atoms with Gasteiger partial charge >= 0.3 is 5.97 Å². The zero-order chi connectivity index (χ0) is 13.4. The van der Waals surface area contributed by atoms with Crippen molar-refractivity contribution in [3.8, 4) is 5.88 Å². The summed E-state index contributed by atoms with van der Waals surface area (Å²) in [5, 5.41) is 19.0. The van der Waals surface area contributed by atoms with E-state index in [1.54, 1.807) is 24.3 Å². The molecule has 0 spiro atoms. The predicted octanol–water partition coefficient (Wildman–Crippen LogP) is 1.92. The molecule has 6 heteroatoms. The number of hydrogen-bond donors (Lipinski definition) is 2. The van der Waals surface area contributed by atoms with Gasteiger partial charge in [0.2, 0.25) is 0 Å². The van der Waals surface area contributed by atoms with Gasteiger partial charge in [0.25, 0.3) is 0 Å². The summed E-state index contributed by atoms with van der Waals surface area (Å²) < 4.78 is 6.62. The Balaban J connectivity index is 2.21. The van der Waals surface area contributed by atoms with E-state index in [9.17, 15) is 9.90 Å². The smallest absolute Gasteiger partial charge is 0.356 e. The molecule has 0 bridgehead atoms. The Hall–Kier alpha value is -2.76. The van der Waals surface area contributed by atoms with Crippen LogP contribution in [0.3, 0.4) is 0 Å². The Kier molecular flexibility index (Phi) is 2.49.